The average Bonchev–Trinajstić information content (AvgIpc) is 3.42. The molecule has 0 saturated heterocycles. The van der Waals surface area contributed by atoms with Crippen LogP contribution in [0.4, 0.5) is 0 Å². The Bertz CT molecular complexity index is 1180. The predicted molar refractivity (Wildman–Crippen MR) is 118 cm³/mol. The number of rotatable bonds is 6. The van der Waals surface area contributed by atoms with Crippen molar-refractivity contribution in [2.24, 2.45) is 0 Å². The van der Waals surface area contributed by atoms with Crippen LogP contribution in [-0.4, -0.2) is 45.2 Å². The highest BCUT2D eigenvalue weighted by Gasteiger charge is 2.19. The Morgan fingerprint density at radius 2 is 1.90 bits per heavy atom. The summed E-state index contributed by atoms with van der Waals surface area (Å²) in [4.78, 5) is 14.5. The Morgan fingerprint density at radius 1 is 1.00 bits per heavy atom. The molecule has 0 bridgehead atoms. The molecule has 2 aromatic carbocycles. The van der Waals surface area contributed by atoms with Crippen LogP contribution >= 0.6 is 0 Å². The number of hydrogen-bond acceptors (Lipinski definition) is 5. The van der Waals surface area contributed by atoms with Crippen LogP contribution in [0.25, 0.3) is 10.8 Å². The molecule has 1 N–H and O–H groups in total. The van der Waals surface area contributed by atoms with E-state index in [1.165, 1.54) is 22.6 Å². The summed E-state index contributed by atoms with van der Waals surface area (Å²) < 4.78 is 7.34. The lowest BCUT2D eigenvalue weighted by atomic mass is 10.0. The zero-order chi connectivity index (χ0) is 21.0. The van der Waals surface area contributed by atoms with Crippen molar-refractivity contribution in [2.45, 2.75) is 25.9 Å². The fraction of sp³-hybridized carbons (Fsp3) is 0.292. The molecule has 31 heavy (non-hydrogen) atoms. The van der Waals surface area contributed by atoms with Crippen LogP contribution in [-0.2, 0) is 25.9 Å². The fourth-order valence-electron chi connectivity index (χ4n) is 4.22. The smallest absolute Gasteiger partial charge is 0.286 e. The SMILES string of the molecule is O=C(NCCc1nnc2n1CCN(Cc1cccc3ccccc13)CC2)c1ccco1. The molecule has 0 radical (unpaired) electrons. The van der Waals surface area contributed by atoms with E-state index in [1.54, 1.807) is 12.1 Å². The van der Waals surface area contributed by atoms with Gasteiger partial charge in [-0.2, -0.15) is 0 Å². The molecule has 1 aliphatic heterocycles. The van der Waals surface area contributed by atoms with Gasteiger partial charge in [0, 0.05) is 45.6 Å². The standard InChI is InChI=1S/C24H25N5O2/c30-24(21-9-4-16-31-21)25-12-10-22-26-27-23-11-13-28(14-15-29(22)23)17-19-7-3-6-18-5-1-2-8-20(18)19/h1-9,16H,10-15,17H2,(H,25,30). The highest BCUT2D eigenvalue weighted by Crippen LogP contribution is 2.21. The summed E-state index contributed by atoms with van der Waals surface area (Å²) in [6, 6.07) is 18.4. The quantitative estimate of drug-likeness (QED) is 0.524. The van der Waals surface area contributed by atoms with Crippen LogP contribution in [0.5, 0.6) is 0 Å². The molecule has 0 fully saturated rings. The maximum Gasteiger partial charge on any atom is 0.286 e. The van der Waals surface area contributed by atoms with E-state index >= 15 is 0 Å². The summed E-state index contributed by atoms with van der Waals surface area (Å²) >= 11 is 0. The number of aromatic nitrogens is 3. The van der Waals surface area contributed by atoms with Crippen LogP contribution in [0.1, 0.15) is 27.8 Å². The first-order valence-electron chi connectivity index (χ1n) is 10.7. The van der Waals surface area contributed by atoms with E-state index in [0.29, 0.717) is 18.7 Å². The third kappa shape index (κ3) is 4.22. The largest absolute Gasteiger partial charge is 0.459 e. The topological polar surface area (TPSA) is 76.2 Å². The molecular weight excluding hydrogens is 390 g/mol. The van der Waals surface area contributed by atoms with Crippen molar-refractivity contribution in [1.82, 2.24) is 25.0 Å². The monoisotopic (exact) mass is 415 g/mol. The first-order valence-corrected chi connectivity index (χ1v) is 10.7. The van der Waals surface area contributed by atoms with Crippen LogP contribution in [0.2, 0.25) is 0 Å². The molecule has 0 spiro atoms. The lowest BCUT2D eigenvalue weighted by molar-refractivity contribution is 0.0926. The first-order chi connectivity index (χ1) is 15.3. The third-order valence-electron chi connectivity index (χ3n) is 5.85. The van der Waals surface area contributed by atoms with Crippen LogP contribution in [0, 0.1) is 0 Å². The van der Waals surface area contributed by atoms with E-state index in [4.69, 9.17) is 4.42 Å². The molecule has 0 unspecified atom stereocenters. The minimum Gasteiger partial charge on any atom is -0.459 e. The molecule has 1 amide bonds. The number of nitrogens with zero attached hydrogens (tertiary/aromatic N) is 4. The first kappa shape index (κ1) is 19.5. The minimum atomic E-state index is -0.207. The summed E-state index contributed by atoms with van der Waals surface area (Å²) in [5.74, 6) is 2.06. The third-order valence-corrected chi connectivity index (χ3v) is 5.85. The number of carbonyl (C=O) groups is 1. The van der Waals surface area contributed by atoms with E-state index in [0.717, 1.165) is 44.2 Å². The van der Waals surface area contributed by atoms with Gasteiger partial charge >= 0.3 is 0 Å². The summed E-state index contributed by atoms with van der Waals surface area (Å²) in [5, 5.41) is 14.3. The molecule has 1 aliphatic rings. The molecular formula is C24H25N5O2. The van der Waals surface area contributed by atoms with Crippen molar-refractivity contribution in [3.8, 4) is 0 Å². The lowest BCUT2D eigenvalue weighted by Crippen LogP contribution is -2.28. The average molecular weight is 415 g/mol. The zero-order valence-corrected chi connectivity index (χ0v) is 17.3. The van der Waals surface area contributed by atoms with Crippen LogP contribution < -0.4 is 5.32 Å². The van der Waals surface area contributed by atoms with Crippen molar-refractivity contribution in [3.63, 3.8) is 0 Å². The maximum atomic E-state index is 12.0. The van der Waals surface area contributed by atoms with Gasteiger partial charge in [0.2, 0.25) is 0 Å². The van der Waals surface area contributed by atoms with Gasteiger partial charge in [-0.25, -0.2) is 0 Å². The molecule has 0 atom stereocenters. The van der Waals surface area contributed by atoms with Gasteiger partial charge in [-0.3, -0.25) is 9.69 Å². The molecule has 0 saturated carbocycles. The molecule has 7 nitrogen and oxygen atoms in total. The minimum absolute atomic E-state index is 0.207. The van der Waals surface area contributed by atoms with Gasteiger partial charge in [-0.1, -0.05) is 42.5 Å². The number of benzene rings is 2. The van der Waals surface area contributed by atoms with Gasteiger partial charge in [-0.15, -0.1) is 10.2 Å². The molecule has 7 heteroatoms. The van der Waals surface area contributed by atoms with Crippen molar-refractivity contribution < 1.29 is 9.21 Å². The Balaban J connectivity index is 1.21. The zero-order valence-electron chi connectivity index (χ0n) is 17.3. The summed E-state index contributed by atoms with van der Waals surface area (Å²) in [6.45, 7) is 4.18. The Hall–Kier alpha value is -3.45. The summed E-state index contributed by atoms with van der Waals surface area (Å²) in [6.07, 6.45) is 3.01. The fourth-order valence-corrected chi connectivity index (χ4v) is 4.22. The van der Waals surface area contributed by atoms with Crippen molar-refractivity contribution in [2.75, 3.05) is 19.6 Å². The number of hydrogen-bond donors (Lipinski definition) is 1. The predicted octanol–water partition coefficient (Wildman–Crippen LogP) is 3.06. The highest BCUT2D eigenvalue weighted by atomic mass is 16.3. The second kappa shape index (κ2) is 8.73. The molecule has 2 aromatic heterocycles. The summed E-state index contributed by atoms with van der Waals surface area (Å²) in [5.41, 5.74) is 1.36. The number of carbonyl (C=O) groups excluding carboxylic acids is 1. The van der Waals surface area contributed by atoms with E-state index in [-0.39, 0.29) is 5.91 Å². The van der Waals surface area contributed by atoms with Gasteiger partial charge in [0.25, 0.3) is 5.91 Å². The van der Waals surface area contributed by atoms with E-state index in [1.807, 2.05) is 0 Å². The van der Waals surface area contributed by atoms with Crippen molar-refractivity contribution in [1.29, 1.82) is 0 Å². The Labute approximate surface area is 180 Å². The molecule has 3 heterocycles. The molecule has 5 rings (SSSR count). The number of furan rings is 1. The maximum absolute atomic E-state index is 12.0. The Kier molecular flexibility index (Phi) is 5.50. The summed E-state index contributed by atoms with van der Waals surface area (Å²) in [7, 11) is 0. The van der Waals surface area contributed by atoms with Gasteiger partial charge in [-0.05, 0) is 28.5 Å². The van der Waals surface area contributed by atoms with Crippen LogP contribution in [0.3, 0.4) is 0 Å². The second-order valence-electron chi connectivity index (χ2n) is 7.83. The van der Waals surface area contributed by atoms with Gasteiger partial charge in [0.15, 0.2) is 5.76 Å². The normalized spacial score (nSPS) is 14.3. The van der Waals surface area contributed by atoms with Crippen molar-refractivity contribution in [3.05, 3.63) is 83.8 Å². The van der Waals surface area contributed by atoms with E-state index < -0.39 is 0 Å². The number of amides is 1. The molecule has 0 aliphatic carbocycles. The van der Waals surface area contributed by atoms with Crippen LogP contribution in [0.15, 0.2) is 65.3 Å². The second-order valence-corrected chi connectivity index (χ2v) is 7.83. The molecule has 4 aromatic rings. The molecule has 158 valence electrons. The van der Waals surface area contributed by atoms with Crippen molar-refractivity contribution >= 4 is 16.7 Å². The Morgan fingerprint density at radius 3 is 2.81 bits per heavy atom. The highest BCUT2D eigenvalue weighted by molar-refractivity contribution is 5.91. The lowest BCUT2D eigenvalue weighted by Gasteiger charge is -2.20. The van der Waals surface area contributed by atoms with E-state index in [9.17, 15) is 4.79 Å². The number of nitrogens with one attached hydrogen (secondary N) is 1. The van der Waals surface area contributed by atoms with Gasteiger partial charge in [0.1, 0.15) is 11.6 Å². The number of fused-ring (bicyclic) bond motifs is 2. The van der Waals surface area contributed by atoms with Gasteiger partial charge < -0.3 is 14.3 Å². The van der Waals surface area contributed by atoms with Gasteiger partial charge in [0.05, 0.1) is 6.26 Å². The van der Waals surface area contributed by atoms with E-state index in [2.05, 4.69) is 67.4 Å².